The van der Waals surface area contributed by atoms with E-state index in [4.69, 9.17) is 9.47 Å². The molecule has 6 nitrogen and oxygen atoms in total. The molecule has 6 heteroatoms. The molecule has 2 amide bonds. The zero-order valence-electron chi connectivity index (χ0n) is 14.5. The molecule has 1 saturated carbocycles. The number of rotatable bonds is 7. The van der Waals surface area contributed by atoms with E-state index in [0.717, 1.165) is 19.3 Å². The molecule has 3 rings (SSSR count). The summed E-state index contributed by atoms with van der Waals surface area (Å²) >= 11 is 0. The number of carbonyl (C=O) groups excluding carboxylic acids is 2. The van der Waals surface area contributed by atoms with Crippen molar-refractivity contribution < 1.29 is 19.1 Å². The van der Waals surface area contributed by atoms with Crippen molar-refractivity contribution in [1.29, 1.82) is 0 Å². The van der Waals surface area contributed by atoms with Gasteiger partial charge < -0.3 is 20.1 Å². The van der Waals surface area contributed by atoms with Crippen LogP contribution in [-0.2, 0) is 14.3 Å². The van der Waals surface area contributed by atoms with Crippen LogP contribution in [0, 0.1) is 0 Å². The summed E-state index contributed by atoms with van der Waals surface area (Å²) in [5.74, 6) is 0.132. The highest BCUT2D eigenvalue weighted by atomic mass is 16.5. The second-order valence-electron chi connectivity index (χ2n) is 6.63. The molecule has 0 saturated heterocycles. The van der Waals surface area contributed by atoms with Gasteiger partial charge >= 0.3 is 0 Å². The number of hydrogen-bond donors (Lipinski definition) is 2. The minimum Gasteiger partial charge on any atom is -0.478 e. The van der Waals surface area contributed by atoms with E-state index < -0.39 is 6.10 Å². The van der Waals surface area contributed by atoms with Crippen molar-refractivity contribution in [3.05, 3.63) is 24.3 Å². The molecule has 0 bridgehead atoms. The monoisotopic (exact) mass is 346 g/mol. The van der Waals surface area contributed by atoms with E-state index in [0.29, 0.717) is 30.7 Å². The second-order valence-corrected chi connectivity index (χ2v) is 6.63. The third kappa shape index (κ3) is 5.19. The summed E-state index contributed by atoms with van der Waals surface area (Å²) in [6.45, 7) is 1.22. The van der Waals surface area contributed by atoms with Gasteiger partial charge in [-0.05, 0) is 31.4 Å². The molecule has 1 heterocycles. The van der Waals surface area contributed by atoms with E-state index in [1.807, 2.05) is 12.1 Å². The highest BCUT2D eigenvalue weighted by Gasteiger charge is 2.29. The summed E-state index contributed by atoms with van der Waals surface area (Å²) in [7, 11) is 0. The number of carbonyl (C=O) groups is 2. The van der Waals surface area contributed by atoms with Crippen molar-refractivity contribution in [3.8, 4) is 5.75 Å². The molecule has 2 N–H and O–H groups in total. The first-order valence-corrected chi connectivity index (χ1v) is 9.17. The molecule has 0 aromatic heterocycles. The van der Waals surface area contributed by atoms with Crippen LogP contribution in [0.25, 0.3) is 0 Å². The predicted molar refractivity (Wildman–Crippen MR) is 94.6 cm³/mol. The molecule has 2 aliphatic rings. The van der Waals surface area contributed by atoms with Crippen molar-refractivity contribution >= 4 is 17.5 Å². The third-order valence-electron chi connectivity index (χ3n) is 4.63. The molecule has 1 aromatic carbocycles. The van der Waals surface area contributed by atoms with E-state index in [1.165, 1.54) is 19.3 Å². The Morgan fingerprint density at radius 1 is 1.24 bits per heavy atom. The van der Waals surface area contributed by atoms with Gasteiger partial charge in [0.15, 0.2) is 6.10 Å². The van der Waals surface area contributed by atoms with E-state index >= 15 is 0 Å². The minimum atomic E-state index is -0.784. The van der Waals surface area contributed by atoms with Crippen LogP contribution in [0.15, 0.2) is 24.3 Å². The van der Waals surface area contributed by atoms with Gasteiger partial charge in [0.1, 0.15) is 5.75 Å². The summed E-state index contributed by atoms with van der Waals surface area (Å²) < 4.78 is 11.5. The molecule has 1 aliphatic heterocycles. The summed E-state index contributed by atoms with van der Waals surface area (Å²) in [6.07, 6.45) is 6.55. The maximum absolute atomic E-state index is 12.0. The first-order valence-electron chi connectivity index (χ1n) is 9.17. The summed E-state index contributed by atoms with van der Waals surface area (Å²) in [4.78, 5) is 24.0. The minimum absolute atomic E-state index is 0.0175. The second kappa shape index (κ2) is 8.85. The highest BCUT2D eigenvalue weighted by Crippen LogP contribution is 2.29. The smallest absolute Gasteiger partial charge is 0.266 e. The molecule has 136 valence electrons. The molecule has 1 aliphatic carbocycles. The van der Waals surface area contributed by atoms with Gasteiger partial charge in [-0.25, -0.2) is 0 Å². The number of fused-ring (bicyclic) bond motifs is 1. The molecule has 1 fully saturated rings. The standard InChI is InChI=1S/C19H26N2O4/c22-18(20-11-6-12-24-14-7-2-1-3-8-14)13-17-19(23)21-15-9-4-5-10-16(15)25-17/h4-5,9-10,14,17H,1-3,6-8,11-13H2,(H,20,22)(H,21,23)/t17-/m1/s1. The van der Waals surface area contributed by atoms with Crippen LogP contribution in [0.3, 0.4) is 0 Å². The number of nitrogens with one attached hydrogen (secondary N) is 2. The lowest BCUT2D eigenvalue weighted by atomic mass is 9.98. The number of para-hydroxylation sites is 2. The number of anilines is 1. The molecule has 1 atom stereocenters. The Morgan fingerprint density at radius 2 is 2.04 bits per heavy atom. The molecule has 0 spiro atoms. The average molecular weight is 346 g/mol. The number of amides is 2. The highest BCUT2D eigenvalue weighted by molar-refractivity contribution is 5.99. The first kappa shape index (κ1) is 17.7. The topological polar surface area (TPSA) is 76.7 Å². The Hall–Kier alpha value is -2.08. The summed E-state index contributed by atoms with van der Waals surface area (Å²) in [5, 5.41) is 5.60. The Kier molecular flexibility index (Phi) is 6.28. The van der Waals surface area contributed by atoms with Gasteiger partial charge in [-0.3, -0.25) is 9.59 Å². The fraction of sp³-hybridized carbons (Fsp3) is 0.579. The number of benzene rings is 1. The van der Waals surface area contributed by atoms with E-state index in [9.17, 15) is 9.59 Å². The van der Waals surface area contributed by atoms with E-state index in [1.54, 1.807) is 12.1 Å². The Bertz CT molecular complexity index is 599. The number of ether oxygens (including phenoxy) is 2. The van der Waals surface area contributed by atoms with Gasteiger partial charge in [-0.2, -0.15) is 0 Å². The lowest BCUT2D eigenvalue weighted by Gasteiger charge is -2.25. The van der Waals surface area contributed by atoms with Crippen LogP contribution in [0.5, 0.6) is 5.75 Å². The van der Waals surface area contributed by atoms with Crippen molar-refractivity contribution in [3.63, 3.8) is 0 Å². The molecule has 25 heavy (non-hydrogen) atoms. The molecule has 0 radical (unpaired) electrons. The van der Waals surface area contributed by atoms with E-state index in [2.05, 4.69) is 10.6 Å². The fourth-order valence-corrected chi connectivity index (χ4v) is 3.25. The number of hydrogen-bond acceptors (Lipinski definition) is 4. The Labute approximate surface area is 148 Å². The van der Waals surface area contributed by atoms with Crippen LogP contribution >= 0.6 is 0 Å². The average Bonchev–Trinajstić information content (AvgIpc) is 2.63. The lowest BCUT2D eigenvalue weighted by molar-refractivity contribution is -0.130. The van der Waals surface area contributed by atoms with Crippen LogP contribution in [0.2, 0.25) is 0 Å². The predicted octanol–water partition coefficient (Wildman–Crippen LogP) is 2.63. The van der Waals surface area contributed by atoms with Gasteiger partial charge in [0.2, 0.25) is 5.91 Å². The lowest BCUT2D eigenvalue weighted by Crippen LogP contribution is -2.41. The summed E-state index contributed by atoms with van der Waals surface area (Å²) in [6, 6.07) is 7.21. The SMILES string of the molecule is O=C(C[C@H]1Oc2ccccc2NC1=O)NCCCOC1CCCCC1. The third-order valence-corrected chi connectivity index (χ3v) is 4.63. The molecular formula is C19H26N2O4. The van der Waals surface area contributed by atoms with Gasteiger partial charge in [0, 0.05) is 13.2 Å². The van der Waals surface area contributed by atoms with Gasteiger partial charge in [-0.1, -0.05) is 31.4 Å². The van der Waals surface area contributed by atoms with Crippen molar-refractivity contribution in [2.45, 2.75) is 57.2 Å². The maximum atomic E-state index is 12.0. The van der Waals surface area contributed by atoms with Crippen molar-refractivity contribution in [2.75, 3.05) is 18.5 Å². The van der Waals surface area contributed by atoms with Crippen LogP contribution in [0.4, 0.5) is 5.69 Å². The van der Waals surface area contributed by atoms with Crippen LogP contribution in [0.1, 0.15) is 44.9 Å². The van der Waals surface area contributed by atoms with E-state index in [-0.39, 0.29) is 18.2 Å². The first-order chi connectivity index (χ1) is 12.2. The fourth-order valence-electron chi connectivity index (χ4n) is 3.25. The molecule has 0 unspecified atom stereocenters. The van der Waals surface area contributed by atoms with Crippen LogP contribution in [-0.4, -0.2) is 37.2 Å². The summed E-state index contributed by atoms with van der Waals surface area (Å²) in [5.41, 5.74) is 0.643. The largest absolute Gasteiger partial charge is 0.478 e. The van der Waals surface area contributed by atoms with Gasteiger partial charge in [0.05, 0.1) is 18.2 Å². The zero-order chi connectivity index (χ0) is 17.5. The van der Waals surface area contributed by atoms with Crippen LogP contribution < -0.4 is 15.4 Å². The van der Waals surface area contributed by atoms with Gasteiger partial charge in [0.25, 0.3) is 5.91 Å². The normalized spacial score (nSPS) is 20.3. The zero-order valence-corrected chi connectivity index (χ0v) is 14.5. The van der Waals surface area contributed by atoms with Crippen molar-refractivity contribution in [1.82, 2.24) is 5.32 Å². The maximum Gasteiger partial charge on any atom is 0.266 e. The Balaban J connectivity index is 1.33. The van der Waals surface area contributed by atoms with Crippen molar-refractivity contribution in [2.24, 2.45) is 0 Å². The molecular weight excluding hydrogens is 320 g/mol. The quantitative estimate of drug-likeness (QED) is 0.744. The van der Waals surface area contributed by atoms with Gasteiger partial charge in [-0.15, -0.1) is 0 Å². The Morgan fingerprint density at radius 3 is 2.88 bits per heavy atom. The molecule has 1 aromatic rings.